The number of unbranched alkanes of at least 4 members (excludes halogenated alkanes) is 3. The average Bonchev–Trinajstić information content (AvgIpc) is 2.77. The third kappa shape index (κ3) is 7.66. The number of anilines is 1. The van der Waals surface area contributed by atoms with E-state index >= 15 is 0 Å². The van der Waals surface area contributed by atoms with Crippen molar-refractivity contribution < 1.29 is 14.3 Å². The zero-order valence-electron chi connectivity index (χ0n) is 18.6. The minimum absolute atomic E-state index is 0.0846. The standard InChI is InChI=1S/C24H27Cl2N3O3S/c1-3-4-5-6-11-32-20-9-7-18(8-10-20)27-23(31)21-15-22(30)29(2)24(33-21)28-19-13-16(25)12-17(26)14-19/h7-10,12-14,21H,3-6,11,15H2,1-2H3,(H,27,31). The normalized spacial score (nSPS) is 17.3. The number of nitrogens with one attached hydrogen (secondary N) is 1. The number of hydrogen-bond acceptors (Lipinski definition) is 5. The summed E-state index contributed by atoms with van der Waals surface area (Å²) < 4.78 is 5.74. The Bertz CT molecular complexity index is 994. The van der Waals surface area contributed by atoms with E-state index in [4.69, 9.17) is 27.9 Å². The fraction of sp³-hybridized carbons (Fsp3) is 0.375. The number of thioether (sulfide) groups is 1. The molecule has 1 N–H and O–H groups in total. The Kier molecular flexibility index (Phi) is 9.47. The highest BCUT2D eigenvalue weighted by Crippen LogP contribution is 2.31. The number of halogens is 2. The molecule has 1 aliphatic heterocycles. The molecule has 0 aliphatic carbocycles. The van der Waals surface area contributed by atoms with Crippen LogP contribution in [0.2, 0.25) is 10.0 Å². The van der Waals surface area contributed by atoms with Crippen molar-refractivity contribution in [2.75, 3.05) is 19.0 Å². The highest BCUT2D eigenvalue weighted by Gasteiger charge is 2.34. The van der Waals surface area contributed by atoms with E-state index < -0.39 is 5.25 Å². The number of amidine groups is 1. The predicted octanol–water partition coefficient (Wildman–Crippen LogP) is 6.54. The molecule has 1 saturated heterocycles. The molecule has 33 heavy (non-hydrogen) atoms. The molecule has 1 unspecified atom stereocenters. The number of rotatable bonds is 9. The molecule has 0 saturated carbocycles. The lowest BCUT2D eigenvalue weighted by Crippen LogP contribution is -2.43. The average molecular weight is 508 g/mol. The second-order valence-electron chi connectivity index (χ2n) is 7.71. The molecular formula is C24H27Cl2N3O3S. The molecule has 1 aliphatic rings. The number of hydrogen-bond donors (Lipinski definition) is 1. The number of carbonyl (C=O) groups excluding carboxylic acids is 2. The van der Waals surface area contributed by atoms with Gasteiger partial charge in [0.25, 0.3) is 0 Å². The van der Waals surface area contributed by atoms with Crippen LogP contribution in [0.25, 0.3) is 0 Å². The van der Waals surface area contributed by atoms with Crippen LogP contribution in [-0.2, 0) is 9.59 Å². The molecule has 1 atom stereocenters. The van der Waals surface area contributed by atoms with Crippen molar-refractivity contribution in [2.45, 2.75) is 44.3 Å². The van der Waals surface area contributed by atoms with E-state index in [0.717, 1.165) is 18.6 Å². The van der Waals surface area contributed by atoms with Gasteiger partial charge in [0.15, 0.2) is 5.17 Å². The first kappa shape index (κ1) is 25.4. The Morgan fingerprint density at radius 2 is 1.85 bits per heavy atom. The molecule has 3 rings (SSSR count). The van der Waals surface area contributed by atoms with Crippen molar-refractivity contribution in [1.82, 2.24) is 4.90 Å². The van der Waals surface area contributed by atoms with Crippen LogP contribution in [0, 0.1) is 0 Å². The summed E-state index contributed by atoms with van der Waals surface area (Å²) >= 11 is 13.3. The largest absolute Gasteiger partial charge is 0.494 e. The lowest BCUT2D eigenvalue weighted by Gasteiger charge is -2.28. The number of nitrogens with zero attached hydrogens (tertiary/aromatic N) is 2. The van der Waals surface area contributed by atoms with Crippen molar-refractivity contribution in [1.29, 1.82) is 0 Å². The first-order valence-electron chi connectivity index (χ1n) is 10.9. The van der Waals surface area contributed by atoms with E-state index in [0.29, 0.717) is 33.2 Å². The van der Waals surface area contributed by atoms with Crippen LogP contribution in [0.15, 0.2) is 47.5 Å². The Labute approximate surface area is 208 Å². The van der Waals surface area contributed by atoms with Gasteiger partial charge in [-0.15, -0.1) is 0 Å². The molecule has 176 valence electrons. The molecule has 2 aromatic rings. The maximum absolute atomic E-state index is 12.9. The Balaban J connectivity index is 1.61. The summed E-state index contributed by atoms with van der Waals surface area (Å²) in [5.41, 5.74) is 1.16. The smallest absolute Gasteiger partial charge is 0.238 e. The Hall–Kier alpha value is -2.22. The minimum Gasteiger partial charge on any atom is -0.494 e. The van der Waals surface area contributed by atoms with E-state index in [1.54, 1.807) is 37.4 Å². The molecule has 0 aromatic heterocycles. The van der Waals surface area contributed by atoms with Gasteiger partial charge < -0.3 is 10.1 Å². The summed E-state index contributed by atoms with van der Waals surface area (Å²) in [6.45, 7) is 2.86. The Morgan fingerprint density at radius 3 is 2.52 bits per heavy atom. The summed E-state index contributed by atoms with van der Waals surface area (Å²) in [5.74, 6) is 0.321. The molecule has 0 radical (unpaired) electrons. The highest BCUT2D eigenvalue weighted by atomic mass is 35.5. The molecule has 2 amide bonds. The van der Waals surface area contributed by atoms with Crippen molar-refractivity contribution >= 4 is 63.3 Å². The van der Waals surface area contributed by atoms with E-state index in [9.17, 15) is 9.59 Å². The molecule has 1 fully saturated rings. The number of benzene rings is 2. The van der Waals surface area contributed by atoms with Gasteiger partial charge in [0.2, 0.25) is 11.8 Å². The van der Waals surface area contributed by atoms with E-state index in [-0.39, 0.29) is 18.2 Å². The van der Waals surface area contributed by atoms with Gasteiger partial charge in [0, 0.05) is 29.2 Å². The maximum atomic E-state index is 12.9. The van der Waals surface area contributed by atoms with Crippen LogP contribution in [-0.4, -0.2) is 40.8 Å². The number of ether oxygens (including phenoxy) is 1. The van der Waals surface area contributed by atoms with E-state index in [1.807, 2.05) is 12.1 Å². The SMILES string of the molecule is CCCCCCOc1ccc(NC(=O)C2CC(=O)N(C)C(=Nc3cc(Cl)cc(Cl)c3)S2)cc1. The number of aliphatic imine (C=N–C) groups is 1. The van der Waals surface area contributed by atoms with Gasteiger partial charge in [-0.05, 0) is 48.9 Å². The monoisotopic (exact) mass is 507 g/mol. The minimum atomic E-state index is -0.600. The lowest BCUT2D eigenvalue weighted by atomic mass is 10.2. The Morgan fingerprint density at radius 1 is 1.15 bits per heavy atom. The van der Waals surface area contributed by atoms with Crippen LogP contribution in [0.1, 0.15) is 39.0 Å². The van der Waals surface area contributed by atoms with Gasteiger partial charge in [0.1, 0.15) is 11.0 Å². The molecule has 1 heterocycles. The summed E-state index contributed by atoms with van der Waals surface area (Å²) in [6, 6.07) is 12.2. The van der Waals surface area contributed by atoms with Crippen LogP contribution in [0.5, 0.6) is 5.75 Å². The van der Waals surface area contributed by atoms with Gasteiger partial charge in [-0.2, -0.15) is 0 Å². The van der Waals surface area contributed by atoms with E-state index in [2.05, 4.69) is 17.2 Å². The molecule has 9 heteroatoms. The van der Waals surface area contributed by atoms with Crippen molar-refractivity contribution in [3.05, 3.63) is 52.5 Å². The van der Waals surface area contributed by atoms with Gasteiger partial charge in [-0.1, -0.05) is 61.1 Å². The molecule has 0 spiro atoms. The van der Waals surface area contributed by atoms with Gasteiger partial charge >= 0.3 is 0 Å². The van der Waals surface area contributed by atoms with Crippen molar-refractivity contribution in [2.24, 2.45) is 4.99 Å². The van der Waals surface area contributed by atoms with Crippen LogP contribution in [0.3, 0.4) is 0 Å². The molecule has 6 nitrogen and oxygen atoms in total. The van der Waals surface area contributed by atoms with Crippen molar-refractivity contribution in [3.8, 4) is 5.75 Å². The van der Waals surface area contributed by atoms with Crippen LogP contribution in [0.4, 0.5) is 11.4 Å². The fourth-order valence-electron chi connectivity index (χ4n) is 3.19. The second kappa shape index (κ2) is 12.3. The van der Waals surface area contributed by atoms with Gasteiger partial charge in [-0.25, -0.2) is 4.99 Å². The first-order valence-corrected chi connectivity index (χ1v) is 12.5. The zero-order valence-corrected chi connectivity index (χ0v) is 21.0. The highest BCUT2D eigenvalue weighted by molar-refractivity contribution is 8.15. The second-order valence-corrected chi connectivity index (χ2v) is 9.75. The van der Waals surface area contributed by atoms with Crippen LogP contribution >= 0.6 is 35.0 Å². The van der Waals surface area contributed by atoms with Crippen LogP contribution < -0.4 is 10.1 Å². The number of amides is 2. The van der Waals surface area contributed by atoms with Gasteiger partial charge in [-0.3, -0.25) is 14.5 Å². The third-order valence-electron chi connectivity index (χ3n) is 5.02. The zero-order chi connectivity index (χ0) is 23.8. The topological polar surface area (TPSA) is 71.0 Å². The number of carbonyl (C=O) groups is 2. The molecular weight excluding hydrogens is 481 g/mol. The lowest BCUT2D eigenvalue weighted by molar-refractivity contribution is -0.128. The summed E-state index contributed by atoms with van der Waals surface area (Å²) in [6.07, 6.45) is 4.68. The maximum Gasteiger partial charge on any atom is 0.238 e. The summed E-state index contributed by atoms with van der Waals surface area (Å²) in [5, 5.41) is 3.58. The van der Waals surface area contributed by atoms with E-state index in [1.165, 1.54) is 29.5 Å². The first-order chi connectivity index (χ1) is 15.9. The predicted molar refractivity (Wildman–Crippen MR) is 137 cm³/mol. The molecule has 0 bridgehead atoms. The summed E-state index contributed by atoms with van der Waals surface area (Å²) in [4.78, 5) is 31.3. The molecule has 2 aromatic carbocycles. The van der Waals surface area contributed by atoms with Crippen molar-refractivity contribution in [3.63, 3.8) is 0 Å². The summed E-state index contributed by atoms with van der Waals surface area (Å²) in [7, 11) is 1.63. The fourth-order valence-corrected chi connectivity index (χ4v) is 4.77. The third-order valence-corrected chi connectivity index (χ3v) is 6.70. The van der Waals surface area contributed by atoms with Gasteiger partial charge in [0.05, 0.1) is 12.3 Å². The quantitative estimate of drug-likeness (QED) is 0.391.